The summed E-state index contributed by atoms with van der Waals surface area (Å²) in [6, 6.07) is 0.121. The van der Waals surface area contributed by atoms with Crippen molar-refractivity contribution in [2.75, 3.05) is 13.1 Å². The predicted octanol–water partition coefficient (Wildman–Crippen LogP) is 1.93. The number of carbonyl (C=O) groups excluding carboxylic acids is 1. The highest BCUT2D eigenvalue weighted by Crippen LogP contribution is 2.51. The lowest BCUT2D eigenvalue weighted by Crippen LogP contribution is -2.43. The lowest BCUT2D eigenvalue weighted by atomic mass is 9.90. The van der Waals surface area contributed by atoms with Gasteiger partial charge in [0.05, 0.1) is 5.41 Å². The maximum absolute atomic E-state index is 12.1. The summed E-state index contributed by atoms with van der Waals surface area (Å²) in [6.45, 7) is 9.07. The van der Waals surface area contributed by atoms with E-state index in [0.29, 0.717) is 25.4 Å². The number of carbonyl (C=O) groups is 2. The van der Waals surface area contributed by atoms with Crippen molar-refractivity contribution in [1.82, 2.24) is 10.2 Å². The van der Waals surface area contributed by atoms with E-state index in [1.165, 1.54) is 0 Å². The van der Waals surface area contributed by atoms with Crippen molar-refractivity contribution in [2.24, 2.45) is 16.7 Å². The second kappa shape index (κ2) is 4.39. The van der Waals surface area contributed by atoms with Crippen LogP contribution in [0.1, 0.15) is 40.5 Å². The van der Waals surface area contributed by atoms with Gasteiger partial charge >= 0.3 is 12.0 Å². The van der Waals surface area contributed by atoms with Crippen LogP contribution in [0.15, 0.2) is 0 Å². The third-order valence-electron chi connectivity index (χ3n) is 5.17. The number of likely N-dealkylation sites (tertiary alicyclic amines) is 1. The SMILES string of the molecule is CC(C)C1(C)CC1NC(=O)N1CCC(C)(C(=O)O)C1. The van der Waals surface area contributed by atoms with Crippen LogP contribution in [-0.4, -0.2) is 41.1 Å². The first-order valence-corrected chi connectivity index (χ1v) is 6.98. The van der Waals surface area contributed by atoms with E-state index in [9.17, 15) is 9.59 Å². The molecule has 1 saturated heterocycles. The van der Waals surface area contributed by atoms with E-state index < -0.39 is 11.4 Å². The first-order chi connectivity index (χ1) is 8.69. The van der Waals surface area contributed by atoms with E-state index in [0.717, 1.165) is 6.42 Å². The Morgan fingerprint density at radius 2 is 2.00 bits per heavy atom. The van der Waals surface area contributed by atoms with Gasteiger partial charge in [-0.2, -0.15) is 0 Å². The molecule has 2 N–H and O–H groups in total. The second-order valence-corrected chi connectivity index (χ2v) is 6.90. The Hall–Kier alpha value is -1.26. The Morgan fingerprint density at radius 3 is 2.42 bits per heavy atom. The number of carboxylic acid groups (broad SMARTS) is 1. The van der Waals surface area contributed by atoms with E-state index in [4.69, 9.17) is 5.11 Å². The maximum atomic E-state index is 12.1. The molecule has 0 spiro atoms. The number of amides is 2. The molecule has 1 heterocycles. The lowest BCUT2D eigenvalue weighted by Gasteiger charge is -2.22. The summed E-state index contributed by atoms with van der Waals surface area (Å²) in [7, 11) is 0. The zero-order valence-electron chi connectivity index (χ0n) is 12.2. The molecule has 1 aliphatic heterocycles. The fourth-order valence-electron chi connectivity index (χ4n) is 2.78. The van der Waals surface area contributed by atoms with Crippen LogP contribution in [0.25, 0.3) is 0 Å². The number of nitrogens with one attached hydrogen (secondary N) is 1. The minimum atomic E-state index is -0.818. The summed E-state index contributed by atoms with van der Waals surface area (Å²) in [5.74, 6) is -0.276. The fraction of sp³-hybridized carbons (Fsp3) is 0.857. The fourth-order valence-corrected chi connectivity index (χ4v) is 2.78. The predicted molar refractivity (Wildman–Crippen MR) is 71.8 cm³/mol. The van der Waals surface area contributed by atoms with Gasteiger partial charge in [0.1, 0.15) is 0 Å². The molecule has 3 unspecified atom stereocenters. The van der Waals surface area contributed by atoms with Gasteiger partial charge in [-0.25, -0.2) is 4.79 Å². The molecule has 2 fully saturated rings. The van der Waals surface area contributed by atoms with Gasteiger partial charge in [0.25, 0.3) is 0 Å². The smallest absolute Gasteiger partial charge is 0.317 e. The molecule has 0 bridgehead atoms. The van der Waals surface area contributed by atoms with Crippen LogP contribution in [0, 0.1) is 16.7 Å². The van der Waals surface area contributed by atoms with E-state index in [1.54, 1.807) is 11.8 Å². The van der Waals surface area contributed by atoms with Crippen LogP contribution in [0.5, 0.6) is 0 Å². The van der Waals surface area contributed by atoms with Crippen molar-refractivity contribution in [3.05, 3.63) is 0 Å². The summed E-state index contributed by atoms with van der Waals surface area (Å²) < 4.78 is 0. The first kappa shape index (κ1) is 14.2. The molecule has 0 aromatic carbocycles. The third-order valence-corrected chi connectivity index (χ3v) is 5.17. The maximum Gasteiger partial charge on any atom is 0.317 e. The average Bonchev–Trinajstić information content (AvgIpc) is 2.79. The van der Waals surface area contributed by atoms with Crippen LogP contribution in [0.3, 0.4) is 0 Å². The van der Waals surface area contributed by atoms with E-state index >= 15 is 0 Å². The Bertz CT molecular complexity index is 409. The van der Waals surface area contributed by atoms with Gasteiger partial charge in [0.2, 0.25) is 0 Å². The van der Waals surface area contributed by atoms with Crippen molar-refractivity contribution < 1.29 is 14.7 Å². The summed E-state index contributed by atoms with van der Waals surface area (Å²) in [4.78, 5) is 24.9. The number of hydrogen-bond donors (Lipinski definition) is 2. The summed E-state index contributed by atoms with van der Waals surface area (Å²) in [6.07, 6.45) is 1.54. The molecule has 5 heteroatoms. The van der Waals surface area contributed by atoms with Gasteiger partial charge in [-0.05, 0) is 31.1 Å². The molecule has 5 nitrogen and oxygen atoms in total. The summed E-state index contributed by atoms with van der Waals surface area (Å²) >= 11 is 0. The normalized spacial score (nSPS) is 37.5. The highest BCUT2D eigenvalue weighted by molar-refractivity contribution is 5.79. The Kier molecular flexibility index (Phi) is 3.27. The van der Waals surface area contributed by atoms with Gasteiger partial charge in [-0.15, -0.1) is 0 Å². The number of hydrogen-bond acceptors (Lipinski definition) is 2. The zero-order valence-corrected chi connectivity index (χ0v) is 12.2. The van der Waals surface area contributed by atoms with E-state index in [2.05, 4.69) is 26.1 Å². The van der Waals surface area contributed by atoms with E-state index in [-0.39, 0.29) is 17.5 Å². The van der Waals surface area contributed by atoms with Gasteiger partial charge in [0.15, 0.2) is 0 Å². The van der Waals surface area contributed by atoms with Gasteiger partial charge < -0.3 is 15.3 Å². The van der Waals surface area contributed by atoms with Crippen molar-refractivity contribution >= 4 is 12.0 Å². The Balaban J connectivity index is 1.89. The molecule has 0 aromatic rings. The molecule has 1 saturated carbocycles. The molecule has 2 aliphatic rings. The minimum absolute atomic E-state index is 0.112. The molecule has 108 valence electrons. The van der Waals surface area contributed by atoms with Gasteiger partial charge in [0, 0.05) is 19.1 Å². The van der Waals surface area contributed by atoms with Crippen molar-refractivity contribution in [2.45, 2.75) is 46.6 Å². The Labute approximate surface area is 114 Å². The highest BCUT2D eigenvalue weighted by Gasteiger charge is 2.53. The molecule has 2 rings (SSSR count). The van der Waals surface area contributed by atoms with Crippen LogP contribution in [-0.2, 0) is 4.79 Å². The third kappa shape index (κ3) is 2.42. The minimum Gasteiger partial charge on any atom is -0.481 e. The molecule has 0 radical (unpaired) electrons. The number of nitrogens with zero attached hydrogens (tertiary/aromatic N) is 1. The number of urea groups is 1. The van der Waals surface area contributed by atoms with Crippen LogP contribution < -0.4 is 5.32 Å². The number of rotatable bonds is 3. The Morgan fingerprint density at radius 1 is 1.37 bits per heavy atom. The standard InChI is InChI=1S/C14H24N2O3/c1-9(2)14(4)7-10(14)15-12(19)16-6-5-13(3,8-16)11(17)18/h9-10H,5-8H2,1-4H3,(H,15,19)(H,17,18). The van der Waals surface area contributed by atoms with Crippen molar-refractivity contribution in [1.29, 1.82) is 0 Å². The van der Waals surface area contributed by atoms with Crippen molar-refractivity contribution in [3.8, 4) is 0 Å². The first-order valence-electron chi connectivity index (χ1n) is 6.98. The average molecular weight is 268 g/mol. The molecular formula is C14H24N2O3. The molecule has 19 heavy (non-hydrogen) atoms. The summed E-state index contributed by atoms with van der Waals surface area (Å²) in [5.41, 5.74) is -0.590. The monoisotopic (exact) mass is 268 g/mol. The molecule has 0 aromatic heterocycles. The molecule has 3 atom stereocenters. The quantitative estimate of drug-likeness (QED) is 0.821. The van der Waals surface area contributed by atoms with Crippen LogP contribution in [0.4, 0.5) is 4.79 Å². The van der Waals surface area contributed by atoms with Crippen LogP contribution in [0.2, 0.25) is 0 Å². The topological polar surface area (TPSA) is 69.6 Å². The lowest BCUT2D eigenvalue weighted by molar-refractivity contribution is -0.146. The number of aliphatic carboxylic acids is 1. The second-order valence-electron chi connectivity index (χ2n) is 6.90. The molecule has 1 aliphatic carbocycles. The highest BCUT2D eigenvalue weighted by atomic mass is 16.4. The number of carboxylic acids is 1. The van der Waals surface area contributed by atoms with Crippen molar-refractivity contribution in [3.63, 3.8) is 0 Å². The largest absolute Gasteiger partial charge is 0.481 e. The van der Waals surface area contributed by atoms with Gasteiger partial charge in [-0.3, -0.25) is 4.79 Å². The molecule has 2 amide bonds. The van der Waals surface area contributed by atoms with Gasteiger partial charge in [-0.1, -0.05) is 20.8 Å². The van der Waals surface area contributed by atoms with E-state index in [1.807, 2.05) is 0 Å². The summed E-state index contributed by atoms with van der Waals surface area (Å²) in [5, 5.41) is 12.2. The molecular weight excluding hydrogens is 244 g/mol. The zero-order chi connectivity index (χ0) is 14.4. The van der Waals surface area contributed by atoms with Crippen LogP contribution >= 0.6 is 0 Å².